The second-order valence-electron chi connectivity index (χ2n) is 5.99. The summed E-state index contributed by atoms with van der Waals surface area (Å²) >= 11 is 3.40. The highest BCUT2D eigenvalue weighted by molar-refractivity contribution is 9.10. The molecule has 1 aliphatic heterocycles. The maximum Gasteiger partial charge on any atom is 0.327 e. The summed E-state index contributed by atoms with van der Waals surface area (Å²) in [6.07, 6.45) is 3.09. The molecule has 4 rings (SSSR count). The standard InChI is InChI=1S/C17H14BrN3O3/c18-9-6-4-8(5-7-9)12-13-10(2-1-3-11(13)22)19-15-14(12)16(23)21-17(24)20-15/h2,4-7,12-13H,1,3H2,(H3,19,20,21,23,24)/t12-,13-/m0/s1. The number of benzene rings is 1. The molecule has 0 radical (unpaired) electrons. The second-order valence-corrected chi connectivity index (χ2v) is 6.91. The topological polar surface area (TPSA) is 94.8 Å². The SMILES string of the molecule is O=C1CCC=C2Nc3[nH]c(=O)[nH]c(=O)c3[C@@H](c3ccc(Br)cc3)[C@H]12. The van der Waals surface area contributed by atoms with Gasteiger partial charge in [-0.05, 0) is 24.1 Å². The highest BCUT2D eigenvalue weighted by Crippen LogP contribution is 2.44. The summed E-state index contributed by atoms with van der Waals surface area (Å²) in [6.45, 7) is 0. The van der Waals surface area contributed by atoms with Crippen LogP contribution >= 0.6 is 15.9 Å². The molecule has 6 nitrogen and oxygen atoms in total. The molecule has 0 spiro atoms. The number of hydrogen-bond donors (Lipinski definition) is 3. The maximum atomic E-state index is 12.6. The average Bonchev–Trinajstić information content (AvgIpc) is 2.54. The van der Waals surface area contributed by atoms with Crippen molar-refractivity contribution in [2.75, 3.05) is 5.32 Å². The van der Waals surface area contributed by atoms with Crippen LogP contribution in [0.25, 0.3) is 0 Å². The summed E-state index contributed by atoms with van der Waals surface area (Å²) < 4.78 is 0.918. The first-order valence-electron chi connectivity index (χ1n) is 7.66. The minimum atomic E-state index is -0.568. The Morgan fingerprint density at radius 1 is 1.00 bits per heavy atom. The molecule has 0 bridgehead atoms. The van der Waals surface area contributed by atoms with Gasteiger partial charge in [-0.25, -0.2) is 4.79 Å². The summed E-state index contributed by atoms with van der Waals surface area (Å²) in [5, 5.41) is 3.08. The Morgan fingerprint density at radius 2 is 1.75 bits per heavy atom. The van der Waals surface area contributed by atoms with E-state index in [2.05, 4.69) is 31.2 Å². The van der Waals surface area contributed by atoms with E-state index in [1.807, 2.05) is 30.3 Å². The first-order valence-corrected chi connectivity index (χ1v) is 8.45. The number of halogens is 1. The van der Waals surface area contributed by atoms with Crippen LogP contribution in [0.3, 0.4) is 0 Å². The Hall–Kier alpha value is -2.41. The third-order valence-electron chi connectivity index (χ3n) is 4.56. The van der Waals surface area contributed by atoms with E-state index in [9.17, 15) is 14.4 Å². The zero-order chi connectivity index (χ0) is 16.8. The molecule has 0 saturated carbocycles. The first kappa shape index (κ1) is 15.1. The van der Waals surface area contributed by atoms with E-state index in [0.29, 0.717) is 24.2 Å². The van der Waals surface area contributed by atoms with Crippen LogP contribution in [-0.2, 0) is 4.79 Å². The molecule has 24 heavy (non-hydrogen) atoms. The molecule has 2 atom stereocenters. The van der Waals surface area contributed by atoms with Crippen molar-refractivity contribution in [3.05, 3.63) is 72.5 Å². The number of fused-ring (bicyclic) bond motifs is 2. The Labute approximate surface area is 145 Å². The van der Waals surface area contributed by atoms with Crippen LogP contribution < -0.4 is 16.6 Å². The van der Waals surface area contributed by atoms with Gasteiger partial charge in [-0.1, -0.05) is 34.1 Å². The van der Waals surface area contributed by atoms with Gasteiger partial charge >= 0.3 is 5.69 Å². The molecule has 0 unspecified atom stereocenters. The van der Waals surface area contributed by atoms with E-state index in [0.717, 1.165) is 15.7 Å². The molecule has 1 aromatic heterocycles. The van der Waals surface area contributed by atoms with Crippen LogP contribution in [0.2, 0.25) is 0 Å². The molecule has 2 heterocycles. The molecule has 2 aromatic rings. The minimum absolute atomic E-state index is 0.101. The molecule has 0 saturated heterocycles. The van der Waals surface area contributed by atoms with Crippen molar-refractivity contribution in [2.24, 2.45) is 5.92 Å². The van der Waals surface area contributed by atoms with Gasteiger partial charge < -0.3 is 5.32 Å². The predicted octanol–water partition coefficient (Wildman–Crippen LogP) is 2.25. The van der Waals surface area contributed by atoms with E-state index in [1.165, 1.54) is 0 Å². The molecule has 1 aromatic carbocycles. The number of allylic oxidation sites excluding steroid dienone is 2. The zero-order valence-electron chi connectivity index (χ0n) is 12.6. The Bertz CT molecular complexity index is 972. The fourth-order valence-electron chi connectivity index (χ4n) is 3.55. The van der Waals surface area contributed by atoms with Crippen molar-refractivity contribution >= 4 is 27.5 Å². The van der Waals surface area contributed by atoms with Crippen LogP contribution in [0.1, 0.15) is 29.9 Å². The normalized spacial score (nSPS) is 22.2. The lowest BCUT2D eigenvalue weighted by Gasteiger charge is -2.36. The van der Waals surface area contributed by atoms with Gasteiger partial charge in [0, 0.05) is 22.5 Å². The Balaban J connectivity index is 2.00. The molecule has 0 amide bonds. The van der Waals surface area contributed by atoms with E-state index >= 15 is 0 Å². The minimum Gasteiger partial charge on any atom is -0.344 e. The number of anilines is 1. The predicted molar refractivity (Wildman–Crippen MR) is 93.1 cm³/mol. The van der Waals surface area contributed by atoms with Gasteiger partial charge in [0.25, 0.3) is 5.56 Å². The Kier molecular flexibility index (Phi) is 3.53. The van der Waals surface area contributed by atoms with Gasteiger partial charge in [0.1, 0.15) is 11.6 Å². The number of aromatic amines is 2. The van der Waals surface area contributed by atoms with Crippen molar-refractivity contribution in [3.8, 4) is 0 Å². The van der Waals surface area contributed by atoms with Crippen LogP contribution in [0.15, 0.2) is 50.1 Å². The number of carbonyl (C=O) groups excluding carboxylic acids is 1. The first-order chi connectivity index (χ1) is 11.5. The van der Waals surface area contributed by atoms with Crippen LogP contribution in [0, 0.1) is 5.92 Å². The molecule has 3 N–H and O–H groups in total. The van der Waals surface area contributed by atoms with E-state index in [1.54, 1.807) is 0 Å². The van der Waals surface area contributed by atoms with Gasteiger partial charge in [0.15, 0.2) is 0 Å². The van der Waals surface area contributed by atoms with E-state index in [-0.39, 0.29) is 5.78 Å². The van der Waals surface area contributed by atoms with Crippen molar-refractivity contribution in [2.45, 2.75) is 18.8 Å². The average molecular weight is 388 g/mol. The third kappa shape index (κ3) is 2.36. The van der Waals surface area contributed by atoms with Gasteiger partial charge in [-0.2, -0.15) is 0 Å². The van der Waals surface area contributed by atoms with Crippen molar-refractivity contribution in [3.63, 3.8) is 0 Å². The van der Waals surface area contributed by atoms with E-state index in [4.69, 9.17) is 0 Å². The number of nitrogens with one attached hydrogen (secondary N) is 3. The van der Waals surface area contributed by atoms with Crippen molar-refractivity contribution in [1.29, 1.82) is 0 Å². The third-order valence-corrected chi connectivity index (χ3v) is 5.09. The summed E-state index contributed by atoms with van der Waals surface area (Å²) in [7, 11) is 0. The van der Waals surface area contributed by atoms with Crippen LogP contribution in [0.4, 0.5) is 5.82 Å². The Morgan fingerprint density at radius 3 is 2.50 bits per heavy atom. The molecule has 7 heteroatoms. The van der Waals surface area contributed by atoms with Crippen LogP contribution in [-0.4, -0.2) is 15.8 Å². The monoisotopic (exact) mass is 387 g/mol. The van der Waals surface area contributed by atoms with E-state index < -0.39 is 23.1 Å². The van der Waals surface area contributed by atoms with Crippen molar-refractivity contribution in [1.82, 2.24) is 9.97 Å². The highest BCUT2D eigenvalue weighted by Gasteiger charge is 2.41. The maximum absolute atomic E-state index is 12.6. The summed E-state index contributed by atoms with van der Waals surface area (Å²) in [5.41, 5.74) is 0.987. The fourth-order valence-corrected chi connectivity index (χ4v) is 3.82. The van der Waals surface area contributed by atoms with Gasteiger partial charge in [0.05, 0.1) is 11.5 Å². The number of hydrogen-bond acceptors (Lipinski definition) is 4. The zero-order valence-corrected chi connectivity index (χ0v) is 14.1. The second kappa shape index (κ2) is 5.59. The number of carbonyl (C=O) groups is 1. The summed E-state index contributed by atoms with van der Waals surface area (Å²) in [5.74, 6) is -0.383. The van der Waals surface area contributed by atoms with Gasteiger partial charge in [-0.15, -0.1) is 0 Å². The fraction of sp³-hybridized carbons (Fsp3) is 0.235. The summed E-state index contributed by atoms with van der Waals surface area (Å²) in [4.78, 5) is 41.6. The van der Waals surface area contributed by atoms with Crippen LogP contribution in [0.5, 0.6) is 0 Å². The molecule has 2 aliphatic rings. The quantitative estimate of drug-likeness (QED) is 0.699. The molecular weight excluding hydrogens is 374 g/mol. The van der Waals surface area contributed by atoms with Crippen molar-refractivity contribution < 1.29 is 4.79 Å². The largest absolute Gasteiger partial charge is 0.344 e. The number of H-pyrrole nitrogens is 2. The summed E-state index contributed by atoms with van der Waals surface area (Å²) in [6, 6.07) is 7.56. The lowest BCUT2D eigenvalue weighted by atomic mass is 9.72. The van der Waals surface area contributed by atoms with Gasteiger partial charge in [0.2, 0.25) is 0 Å². The number of ketones is 1. The molecule has 1 aliphatic carbocycles. The molecular formula is C17H14BrN3O3. The van der Waals surface area contributed by atoms with Gasteiger partial charge in [-0.3, -0.25) is 19.6 Å². The number of aromatic nitrogens is 2. The molecule has 122 valence electrons. The lowest BCUT2D eigenvalue weighted by molar-refractivity contribution is -0.122. The molecule has 0 fully saturated rings. The number of Topliss-reactive ketones (excluding diaryl/α,β-unsaturated/α-hetero) is 1. The lowest BCUT2D eigenvalue weighted by Crippen LogP contribution is -2.40. The smallest absolute Gasteiger partial charge is 0.327 e. The highest BCUT2D eigenvalue weighted by atomic mass is 79.9. The number of rotatable bonds is 1.